The third kappa shape index (κ3) is 1.19. The van der Waals surface area contributed by atoms with E-state index >= 15 is 0 Å². The number of ether oxygens (including phenoxy) is 1. The molecular formula is C9H8O3S. The molecule has 1 heterocycles. The summed E-state index contributed by atoms with van der Waals surface area (Å²) in [7, 11) is 1.56. The lowest BCUT2D eigenvalue weighted by Gasteiger charge is -1.98. The van der Waals surface area contributed by atoms with Crippen LogP contribution < -0.4 is 4.74 Å². The standard InChI is InChI=1S/C9H8O3S/c1-12-5-2-3-7-6(4-5)8(10)9(11)13-7/h2-4,10-11H,1H3. The van der Waals surface area contributed by atoms with Gasteiger partial charge in [-0.1, -0.05) is 11.3 Å². The van der Waals surface area contributed by atoms with Gasteiger partial charge in [0.25, 0.3) is 0 Å². The number of benzene rings is 1. The van der Waals surface area contributed by atoms with Crippen molar-refractivity contribution >= 4 is 21.4 Å². The third-order valence-corrected chi connectivity index (χ3v) is 2.81. The van der Waals surface area contributed by atoms with Crippen LogP contribution in [0.2, 0.25) is 0 Å². The van der Waals surface area contributed by atoms with Crippen LogP contribution in [-0.2, 0) is 0 Å². The van der Waals surface area contributed by atoms with E-state index in [2.05, 4.69) is 0 Å². The van der Waals surface area contributed by atoms with Gasteiger partial charge in [-0.15, -0.1) is 0 Å². The zero-order valence-electron chi connectivity index (χ0n) is 6.94. The molecule has 1 aromatic carbocycles. The summed E-state index contributed by atoms with van der Waals surface area (Å²) in [5.41, 5.74) is 0. The average Bonchev–Trinajstić information content (AvgIpc) is 2.43. The van der Waals surface area contributed by atoms with Crippen molar-refractivity contribution in [1.82, 2.24) is 0 Å². The summed E-state index contributed by atoms with van der Waals surface area (Å²) in [6.45, 7) is 0. The second kappa shape index (κ2) is 2.81. The second-order valence-electron chi connectivity index (χ2n) is 2.62. The van der Waals surface area contributed by atoms with Crippen LogP contribution >= 0.6 is 11.3 Å². The molecule has 0 fully saturated rings. The predicted molar refractivity (Wildman–Crippen MR) is 51.7 cm³/mol. The highest BCUT2D eigenvalue weighted by Crippen LogP contribution is 2.43. The molecule has 0 saturated heterocycles. The average molecular weight is 196 g/mol. The van der Waals surface area contributed by atoms with E-state index in [0.717, 1.165) is 16.0 Å². The van der Waals surface area contributed by atoms with Crippen LogP contribution in [0, 0.1) is 0 Å². The Bertz CT molecular complexity index is 447. The van der Waals surface area contributed by atoms with E-state index in [1.165, 1.54) is 0 Å². The van der Waals surface area contributed by atoms with Crippen molar-refractivity contribution in [3.63, 3.8) is 0 Å². The van der Waals surface area contributed by atoms with Gasteiger partial charge in [0, 0.05) is 10.1 Å². The first kappa shape index (κ1) is 8.19. The minimum absolute atomic E-state index is 0.0525. The molecule has 4 heteroatoms. The maximum Gasteiger partial charge on any atom is 0.215 e. The van der Waals surface area contributed by atoms with Crippen LogP contribution in [-0.4, -0.2) is 17.3 Å². The first-order valence-electron chi connectivity index (χ1n) is 3.71. The molecule has 3 nitrogen and oxygen atoms in total. The van der Waals surface area contributed by atoms with Gasteiger partial charge in [0.05, 0.1) is 7.11 Å². The van der Waals surface area contributed by atoms with E-state index in [-0.39, 0.29) is 10.8 Å². The van der Waals surface area contributed by atoms with E-state index in [1.54, 1.807) is 25.3 Å². The van der Waals surface area contributed by atoms with Gasteiger partial charge in [-0.05, 0) is 18.2 Å². The molecule has 1 aromatic heterocycles. The van der Waals surface area contributed by atoms with Gasteiger partial charge in [-0.3, -0.25) is 0 Å². The third-order valence-electron chi connectivity index (χ3n) is 1.85. The molecule has 0 spiro atoms. The topological polar surface area (TPSA) is 49.7 Å². The molecule has 0 bridgehead atoms. The van der Waals surface area contributed by atoms with Crippen LogP contribution in [0.25, 0.3) is 10.1 Å². The van der Waals surface area contributed by atoms with Crippen molar-refractivity contribution in [2.24, 2.45) is 0 Å². The zero-order valence-corrected chi connectivity index (χ0v) is 7.76. The molecule has 0 amide bonds. The second-order valence-corrected chi connectivity index (χ2v) is 3.65. The van der Waals surface area contributed by atoms with Crippen molar-refractivity contribution in [2.45, 2.75) is 0 Å². The van der Waals surface area contributed by atoms with Crippen LogP contribution in [0.15, 0.2) is 18.2 Å². The van der Waals surface area contributed by atoms with Crippen LogP contribution in [0.1, 0.15) is 0 Å². The minimum atomic E-state index is -0.0705. The van der Waals surface area contributed by atoms with E-state index in [1.807, 2.05) is 0 Å². The van der Waals surface area contributed by atoms with Gasteiger partial charge in [-0.25, -0.2) is 0 Å². The van der Waals surface area contributed by atoms with E-state index in [0.29, 0.717) is 11.1 Å². The summed E-state index contributed by atoms with van der Waals surface area (Å²) in [6.07, 6.45) is 0. The lowest BCUT2D eigenvalue weighted by atomic mass is 10.2. The Morgan fingerprint density at radius 1 is 1.31 bits per heavy atom. The Morgan fingerprint density at radius 3 is 2.77 bits per heavy atom. The summed E-state index contributed by atoms with van der Waals surface area (Å²) in [6, 6.07) is 5.29. The van der Waals surface area contributed by atoms with Crippen LogP contribution in [0.3, 0.4) is 0 Å². The maximum absolute atomic E-state index is 9.42. The van der Waals surface area contributed by atoms with Crippen LogP contribution in [0.5, 0.6) is 16.6 Å². The smallest absolute Gasteiger partial charge is 0.215 e. The fourth-order valence-electron chi connectivity index (χ4n) is 1.18. The molecule has 0 unspecified atom stereocenters. The molecule has 68 valence electrons. The lowest BCUT2D eigenvalue weighted by Crippen LogP contribution is -1.80. The molecule has 0 atom stereocenters. The maximum atomic E-state index is 9.42. The van der Waals surface area contributed by atoms with Crippen molar-refractivity contribution < 1.29 is 14.9 Å². The molecule has 0 aliphatic carbocycles. The Labute approximate surface area is 78.8 Å². The molecule has 0 aliphatic rings. The normalized spacial score (nSPS) is 10.5. The number of aromatic hydroxyl groups is 2. The van der Waals surface area contributed by atoms with E-state index in [4.69, 9.17) is 4.74 Å². The lowest BCUT2D eigenvalue weighted by molar-refractivity contribution is 0.413. The summed E-state index contributed by atoms with van der Waals surface area (Å²) in [5, 5.41) is 19.2. The fraction of sp³-hybridized carbons (Fsp3) is 0.111. The molecule has 0 aliphatic heterocycles. The highest BCUT2D eigenvalue weighted by Gasteiger charge is 2.10. The number of thiophene rings is 1. The monoisotopic (exact) mass is 196 g/mol. The molecule has 2 rings (SSSR count). The van der Waals surface area contributed by atoms with Crippen molar-refractivity contribution in [3.8, 4) is 16.6 Å². The Hall–Kier alpha value is -1.42. The molecule has 2 N–H and O–H groups in total. The van der Waals surface area contributed by atoms with Crippen LogP contribution in [0.4, 0.5) is 0 Å². The molecular weight excluding hydrogens is 188 g/mol. The Balaban J connectivity index is 2.75. The van der Waals surface area contributed by atoms with E-state index < -0.39 is 0 Å². The highest BCUT2D eigenvalue weighted by atomic mass is 32.1. The SMILES string of the molecule is COc1ccc2sc(O)c(O)c2c1. The molecule has 0 radical (unpaired) electrons. The molecule has 2 aromatic rings. The van der Waals surface area contributed by atoms with Gasteiger partial charge in [0.1, 0.15) is 5.75 Å². The quantitative estimate of drug-likeness (QED) is 0.735. The highest BCUT2D eigenvalue weighted by molar-refractivity contribution is 7.21. The van der Waals surface area contributed by atoms with E-state index in [9.17, 15) is 10.2 Å². The van der Waals surface area contributed by atoms with Crippen molar-refractivity contribution in [3.05, 3.63) is 18.2 Å². The number of rotatable bonds is 1. The first-order valence-corrected chi connectivity index (χ1v) is 4.52. The van der Waals surface area contributed by atoms with Gasteiger partial charge in [-0.2, -0.15) is 0 Å². The number of hydrogen-bond acceptors (Lipinski definition) is 4. The van der Waals surface area contributed by atoms with Crippen molar-refractivity contribution in [1.29, 1.82) is 0 Å². The summed E-state index contributed by atoms with van der Waals surface area (Å²) in [5.74, 6) is 0.597. The van der Waals surface area contributed by atoms with Crippen molar-refractivity contribution in [2.75, 3.05) is 7.11 Å². The number of fused-ring (bicyclic) bond motifs is 1. The Kier molecular flexibility index (Phi) is 1.77. The number of hydrogen-bond donors (Lipinski definition) is 2. The van der Waals surface area contributed by atoms with Gasteiger partial charge in [0.15, 0.2) is 5.75 Å². The zero-order chi connectivity index (χ0) is 9.42. The molecule has 13 heavy (non-hydrogen) atoms. The number of methoxy groups -OCH3 is 1. The predicted octanol–water partition coefficient (Wildman–Crippen LogP) is 2.32. The fourth-order valence-corrected chi connectivity index (χ4v) is 1.99. The largest absolute Gasteiger partial charge is 0.503 e. The van der Waals surface area contributed by atoms with Gasteiger partial charge in [0.2, 0.25) is 5.06 Å². The summed E-state index contributed by atoms with van der Waals surface area (Å²) < 4.78 is 5.84. The first-order chi connectivity index (χ1) is 6.22. The van der Waals surface area contributed by atoms with Gasteiger partial charge < -0.3 is 14.9 Å². The molecule has 0 saturated carbocycles. The summed E-state index contributed by atoms with van der Waals surface area (Å²) >= 11 is 1.15. The van der Waals surface area contributed by atoms with Gasteiger partial charge >= 0.3 is 0 Å². The minimum Gasteiger partial charge on any atom is -0.503 e. The Morgan fingerprint density at radius 2 is 2.08 bits per heavy atom. The summed E-state index contributed by atoms with van der Waals surface area (Å²) in [4.78, 5) is 0.